The number of hydrogen-bond acceptors (Lipinski definition) is 3. The van der Waals surface area contributed by atoms with E-state index in [-0.39, 0.29) is 5.82 Å². The van der Waals surface area contributed by atoms with Gasteiger partial charge in [-0.2, -0.15) is 0 Å². The molecule has 0 aliphatic carbocycles. The van der Waals surface area contributed by atoms with Crippen molar-refractivity contribution in [1.29, 1.82) is 0 Å². The van der Waals surface area contributed by atoms with Crippen LogP contribution < -0.4 is 5.73 Å². The summed E-state index contributed by atoms with van der Waals surface area (Å²) in [5.74, 6) is -0.201. The normalized spacial score (nSPS) is 10.8. The number of nitrogens with two attached hydrogens (primary N) is 1. The number of rotatable bonds is 4. The Bertz CT molecular complexity index is 491. The third kappa shape index (κ3) is 3.11. The van der Waals surface area contributed by atoms with E-state index in [0.29, 0.717) is 6.54 Å². The van der Waals surface area contributed by atoms with Crippen molar-refractivity contribution in [3.63, 3.8) is 0 Å². The summed E-state index contributed by atoms with van der Waals surface area (Å²) in [4.78, 5) is 5.77. The van der Waals surface area contributed by atoms with Gasteiger partial charge >= 0.3 is 0 Å². The van der Waals surface area contributed by atoms with Crippen molar-refractivity contribution in [3.05, 3.63) is 51.2 Å². The fraction of sp³-hybridized carbons (Fsp3) is 0.308. The number of aryl methyl sites for hydroxylation is 1. The molecule has 1 aromatic carbocycles. The van der Waals surface area contributed by atoms with E-state index >= 15 is 0 Å². The van der Waals surface area contributed by atoms with Crippen molar-refractivity contribution in [2.24, 2.45) is 5.73 Å². The highest BCUT2D eigenvalue weighted by molar-refractivity contribution is 7.11. The average Bonchev–Trinajstić information content (AvgIpc) is 2.63. The van der Waals surface area contributed by atoms with Crippen LogP contribution in [0.1, 0.15) is 21.1 Å². The van der Waals surface area contributed by atoms with E-state index in [1.807, 2.05) is 6.92 Å². The molecular weight excluding hydrogens is 235 g/mol. The molecule has 0 saturated heterocycles. The standard InChI is InChI=1S/C13H15FN2S/c1-9-12(6-7-15)17-13(16-9)8-10-2-4-11(14)5-3-10/h2-5H,6-8,15H2,1H3. The minimum absolute atomic E-state index is 0.201. The number of hydrogen-bond donors (Lipinski definition) is 1. The van der Waals surface area contributed by atoms with E-state index in [0.717, 1.165) is 29.1 Å². The Kier molecular flexibility index (Phi) is 3.86. The van der Waals surface area contributed by atoms with Gasteiger partial charge in [0.2, 0.25) is 0 Å². The summed E-state index contributed by atoms with van der Waals surface area (Å²) in [6.45, 7) is 2.66. The second kappa shape index (κ2) is 5.38. The molecule has 1 heterocycles. The monoisotopic (exact) mass is 250 g/mol. The predicted molar refractivity (Wildman–Crippen MR) is 68.8 cm³/mol. The zero-order chi connectivity index (χ0) is 12.3. The molecule has 0 amide bonds. The van der Waals surface area contributed by atoms with Crippen LogP contribution in [-0.4, -0.2) is 11.5 Å². The molecule has 2 aromatic rings. The molecule has 1 aromatic heterocycles. The number of thiazole rings is 1. The lowest BCUT2D eigenvalue weighted by Crippen LogP contribution is -2.01. The van der Waals surface area contributed by atoms with Gasteiger partial charge in [-0.15, -0.1) is 11.3 Å². The first-order valence-electron chi connectivity index (χ1n) is 5.58. The maximum absolute atomic E-state index is 12.8. The highest BCUT2D eigenvalue weighted by Gasteiger charge is 2.07. The van der Waals surface area contributed by atoms with Gasteiger partial charge in [0.25, 0.3) is 0 Å². The molecule has 0 unspecified atom stereocenters. The van der Waals surface area contributed by atoms with E-state index in [9.17, 15) is 4.39 Å². The van der Waals surface area contributed by atoms with Crippen molar-refractivity contribution < 1.29 is 4.39 Å². The average molecular weight is 250 g/mol. The molecule has 4 heteroatoms. The van der Waals surface area contributed by atoms with Gasteiger partial charge in [-0.05, 0) is 37.6 Å². The molecule has 2 N–H and O–H groups in total. The first kappa shape index (κ1) is 12.2. The summed E-state index contributed by atoms with van der Waals surface area (Å²) in [6.07, 6.45) is 1.64. The number of benzene rings is 1. The lowest BCUT2D eigenvalue weighted by molar-refractivity contribution is 0.627. The summed E-state index contributed by atoms with van der Waals surface area (Å²) in [5, 5.41) is 1.07. The van der Waals surface area contributed by atoms with Crippen LogP contribution in [0, 0.1) is 12.7 Å². The van der Waals surface area contributed by atoms with Gasteiger partial charge in [-0.25, -0.2) is 9.37 Å². The van der Waals surface area contributed by atoms with Crippen LogP contribution in [0.25, 0.3) is 0 Å². The van der Waals surface area contributed by atoms with E-state index in [1.54, 1.807) is 23.5 Å². The largest absolute Gasteiger partial charge is 0.330 e. The Hall–Kier alpha value is -1.26. The maximum atomic E-state index is 12.8. The van der Waals surface area contributed by atoms with Crippen molar-refractivity contribution >= 4 is 11.3 Å². The zero-order valence-corrected chi connectivity index (χ0v) is 10.6. The predicted octanol–water partition coefficient (Wildman–Crippen LogP) is 2.68. The zero-order valence-electron chi connectivity index (χ0n) is 9.74. The molecule has 90 valence electrons. The SMILES string of the molecule is Cc1nc(Cc2ccc(F)cc2)sc1CCN. The van der Waals surface area contributed by atoms with E-state index < -0.39 is 0 Å². The topological polar surface area (TPSA) is 38.9 Å². The van der Waals surface area contributed by atoms with Crippen LogP contribution in [-0.2, 0) is 12.8 Å². The molecular formula is C13H15FN2S. The second-order valence-electron chi connectivity index (χ2n) is 3.96. The van der Waals surface area contributed by atoms with Gasteiger partial charge in [0.15, 0.2) is 0 Å². The van der Waals surface area contributed by atoms with Crippen molar-refractivity contribution in [3.8, 4) is 0 Å². The second-order valence-corrected chi connectivity index (χ2v) is 5.13. The molecule has 0 saturated carbocycles. The highest BCUT2D eigenvalue weighted by Crippen LogP contribution is 2.21. The Labute approximate surface area is 104 Å². The highest BCUT2D eigenvalue weighted by atomic mass is 32.1. The Morgan fingerprint density at radius 2 is 2.00 bits per heavy atom. The van der Waals surface area contributed by atoms with Crippen molar-refractivity contribution in [2.45, 2.75) is 19.8 Å². The quantitative estimate of drug-likeness (QED) is 0.906. The summed E-state index contributed by atoms with van der Waals surface area (Å²) in [5.41, 5.74) is 7.70. The smallest absolute Gasteiger partial charge is 0.123 e. The molecule has 0 aliphatic heterocycles. The summed E-state index contributed by atoms with van der Waals surface area (Å²) < 4.78 is 12.8. The summed E-state index contributed by atoms with van der Waals surface area (Å²) in [6, 6.07) is 6.57. The van der Waals surface area contributed by atoms with Gasteiger partial charge in [0.05, 0.1) is 10.7 Å². The Morgan fingerprint density at radius 3 is 2.65 bits per heavy atom. The molecule has 2 rings (SSSR count). The molecule has 0 bridgehead atoms. The van der Waals surface area contributed by atoms with E-state index in [4.69, 9.17) is 5.73 Å². The van der Waals surface area contributed by atoms with Gasteiger partial charge in [0.1, 0.15) is 5.82 Å². The maximum Gasteiger partial charge on any atom is 0.123 e. The van der Waals surface area contributed by atoms with Crippen LogP contribution in [0.3, 0.4) is 0 Å². The molecule has 2 nitrogen and oxygen atoms in total. The lowest BCUT2D eigenvalue weighted by Gasteiger charge is -1.97. The Balaban J connectivity index is 2.13. The van der Waals surface area contributed by atoms with Gasteiger partial charge in [-0.1, -0.05) is 12.1 Å². The Morgan fingerprint density at radius 1 is 1.29 bits per heavy atom. The van der Waals surface area contributed by atoms with Gasteiger partial charge in [-0.3, -0.25) is 0 Å². The van der Waals surface area contributed by atoms with Crippen LogP contribution >= 0.6 is 11.3 Å². The molecule has 17 heavy (non-hydrogen) atoms. The van der Waals surface area contributed by atoms with Gasteiger partial charge < -0.3 is 5.73 Å². The fourth-order valence-electron chi connectivity index (χ4n) is 1.70. The minimum Gasteiger partial charge on any atom is -0.330 e. The summed E-state index contributed by atoms with van der Waals surface area (Å²) in [7, 11) is 0. The van der Waals surface area contributed by atoms with E-state index in [2.05, 4.69) is 4.98 Å². The minimum atomic E-state index is -0.201. The number of aromatic nitrogens is 1. The van der Waals surface area contributed by atoms with Crippen LogP contribution in [0.5, 0.6) is 0 Å². The third-order valence-corrected chi connectivity index (χ3v) is 3.79. The van der Waals surface area contributed by atoms with Crippen molar-refractivity contribution in [1.82, 2.24) is 4.98 Å². The molecule has 0 fully saturated rings. The van der Waals surface area contributed by atoms with Crippen LogP contribution in [0.4, 0.5) is 4.39 Å². The molecule has 0 atom stereocenters. The fourth-order valence-corrected chi connectivity index (χ4v) is 2.82. The molecule has 0 radical (unpaired) electrons. The number of halogens is 1. The van der Waals surface area contributed by atoms with Crippen LogP contribution in [0.15, 0.2) is 24.3 Å². The molecule has 0 spiro atoms. The summed E-state index contributed by atoms with van der Waals surface area (Å²) >= 11 is 1.70. The first-order chi connectivity index (χ1) is 8.19. The first-order valence-corrected chi connectivity index (χ1v) is 6.40. The lowest BCUT2D eigenvalue weighted by atomic mass is 10.1. The number of nitrogens with zero attached hydrogens (tertiary/aromatic N) is 1. The van der Waals surface area contributed by atoms with E-state index in [1.165, 1.54) is 17.0 Å². The third-order valence-electron chi connectivity index (χ3n) is 2.58. The van der Waals surface area contributed by atoms with Gasteiger partial charge in [0, 0.05) is 11.3 Å². The van der Waals surface area contributed by atoms with Crippen LogP contribution in [0.2, 0.25) is 0 Å². The molecule has 0 aliphatic rings. The van der Waals surface area contributed by atoms with Crippen molar-refractivity contribution in [2.75, 3.05) is 6.54 Å².